The number of hydrogen-bond donors (Lipinski definition) is 1. The first-order chi connectivity index (χ1) is 8.59. The van der Waals surface area contributed by atoms with Crippen LogP contribution >= 0.6 is 23.2 Å². The lowest BCUT2D eigenvalue weighted by molar-refractivity contribution is 0.243. The van der Waals surface area contributed by atoms with Crippen LogP contribution in [0.2, 0.25) is 10.0 Å². The van der Waals surface area contributed by atoms with Crippen LogP contribution in [0.5, 0.6) is 0 Å². The molecule has 1 fully saturated rings. The predicted molar refractivity (Wildman–Crippen MR) is 79.6 cm³/mol. The van der Waals surface area contributed by atoms with E-state index in [9.17, 15) is 0 Å². The summed E-state index contributed by atoms with van der Waals surface area (Å²) in [7, 11) is 0. The summed E-state index contributed by atoms with van der Waals surface area (Å²) in [6, 6.07) is 5.98. The number of benzene rings is 1. The Hall–Kier alpha value is -0.240. The maximum Gasteiger partial charge on any atom is 0.0627 e. The molecule has 1 aromatic carbocycles. The van der Waals surface area contributed by atoms with E-state index in [0.29, 0.717) is 22.8 Å². The summed E-state index contributed by atoms with van der Waals surface area (Å²) in [4.78, 5) is 0. The van der Waals surface area contributed by atoms with Crippen LogP contribution in [0.4, 0.5) is 0 Å². The zero-order valence-electron chi connectivity index (χ0n) is 11.0. The second-order valence-electron chi connectivity index (χ2n) is 5.64. The van der Waals surface area contributed by atoms with Gasteiger partial charge in [0.1, 0.15) is 0 Å². The monoisotopic (exact) mass is 285 g/mol. The van der Waals surface area contributed by atoms with Crippen molar-refractivity contribution >= 4 is 23.2 Å². The van der Waals surface area contributed by atoms with Crippen LogP contribution in [0, 0.1) is 11.8 Å². The van der Waals surface area contributed by atoms with Gasteiger partial charge < -0.3 is 5.32 Å². The first kappa shape index (κ1) is 14.2. The summed E-state index contributed by atoms with van der Waals surface area (Å²) in [6.45, 7) is 6.65. The SMILES string of the molecule is CC(C)CNCC1CCC1c1cccc(Cl)c1Cl. The number of rotatable bonds is 5. The fourth-order valence-corrected chi connectivity index (χ4v) is 3.04. The minimum Gasteiger partial charge on any atom is -0.316 e. The lowest BCUT2D eigenvalue weighted by Crippen LogP contribution is -2.35. The number of nitrogens with one attached hydrogen (secondary N) is 1. The molecule has 0 saturated heterocycles. The molecule has 0 radical (unpaired) electrons. The molecule has 0 heterocycles. The van der Waals surface area contributed by atoms with Gasteiger partial charge in [0.25, 0.3) is 0 Å². The second-order valence-corrected chi connectivity index (χ2v) is 6.42. The highest BCUT2D eigenvalue weighted by molar-refractivity contribution is 6.42. The molecule has 1 N–H and O–H groups in total. The van der Waals surface area contributed by atoms with E-state index < -0.39 is 0 Å². The van der Waals surface area contributed by atoms with Crippen LogP contribution in [0.3, 0.4) is 0 Å². The van der Waals surface area contributed by atoms with E-state index in [1.54, 1.807) is 0 Å². The van der Waals surface area contributed by atoms with Crippen LogP contribution in [-0.4, -0.2) is 13.1 Å². The molecular formula is C15H21Cl2N. The van der Waals surface area contributed by atoms with Gasteiger partial charge in [-0.15, -0.1) is 0 Å². The molecule has 1 saturated carbocycles. The largest absolute Gasteiger partial charge is 0.316 e. The quantitative estimate of drug-likeness (QED) is 0.825. The Morgan fingerprint density at radius 2 is 2.06 bits per heavy atom. The Bertz CT molecular complexity index is 403. The van der Waals surface area contributed by atoms with Crippen LogP contribution in [0.15, 0.2) is 18.2 Å². The van der Waals surface area contributed by atoms with Crippen molar-refractivity contribution in [2.45, 2.75) is 32.6 Å². The number of halogens is 2. The van der Waals surface area contributed by atoms with E-state index in [2.05, 4.69) is 25.2 Å². The van der Waals surface area contributed by atoms with Crippen molar-refractivity contribution in [1.29, 1.82) is 0 Å². The van der Waals surface area contributed by atoms with Crippen LogP contribution in [0.25, 0.3) is 0 Å². The van der Waals surface area contributed by atoms with E-state index in [1.807, 2.05) is 12.1 Å². The summed E-state index contributed by atoms with van der Waals surface area (Å²) in [6.07, 6.45) is 2.52. The molecule has 0 amide bonds. The zero-order chi connectivity index (χ0) is 13.1. The Labute approximate surface area is 120 Å². The van der Waals surface area contributed by atoms with Crippen molar-refractivity contribution in [2.75, 3.05) is 13.1 Å². The standard InChI is InChI=1S/C15H21Cl2N/c1-10(2)8-18-9-11-6-7-12(11)13-4-3-5-14(16)15(13)17/h3-5,10-12,18H,6-9H2,1-2H3. The van der Waals surface area contributed by atoms with E-state index in [1.165, 1.54) is 18.4 Å². The summed E-state index contributed by atoms with van der Waals surface area (Å²) < 4.78 is 0. The summed E-state index contributed by atoms with van der Waals surface area (Å²) in [5.41, 5.74) is 1.23. The highest BCUT2D eigenvalue weighted by Gasteiger charge is 2.33. The van der Waals surface area contributed by atoms with Crippen molar-refractivity contribution in [3.8, 4) is 0 Å². The van der Waals surface area contributed by atoms with Gasteiger partial charge in [0, 0.05) is 0 Å². The molecule has 2 unspecified atom stereocenters. The summed E-state index contributed by atoms with van der Waals surface area (Å²) >= 11 is 12.4. The Morgan fingerprint density at radius 1 is 1.28 bits per heavy atom. The maximum atomic E-state index is 6.30. The molecule has 1 aromatic rings. The van der Waals surface area contributed by atoms with Crippen LogP contribution in [-0.2, 0) is 0 Å². The molecule has 18 heavy (non-hydrogen) atoms. The van der Waals surface area contributed by atoms with Gasteiger partial charge in [-0.2, -0.15) is 0 Å². The lowest BCUT2D eigenvalue weighted by Gasteiger charge is -2.38. The molecule has 0 bridgehead atoms. The van der Waals surface area contributed by atoms with Gasteiger partial charge in [0.15, 0.2) is 0 Å². The summed E-state index contributed by atoms with van der Waals surface area (Å²) in [5, 5.41) is 4.97. The highest BCUT2D eigenvalue weighted by Crippen LogP contribution is 2.45. The van der Waals surface area contributed by atoms with Crippen molar-refractivity contribution in [2.24, 2.45) is 11.8 Å². The van der Waals surface area contributed by atoms with Gasteiger partial charge in [-0.1, -0.05) is 49.2 Å². The second kappa shape index (κ2) is 6.27. The van der Waals surface area contributed by atoms with Gasteiger partial charge in [0.2, 0.25) is 0 Å². The molecule has 0 spiro atoms. The van der Waals surface area contributed by atoms with Crippen molar-refractivity contribution in [3.63, 3.8) is 0 Å². The van der Waals surface area contributed by atoms with Gasteiger partial charge in [0.05, 0.1) is 10.0 Å². The molecule has 3 heteroatoms. The maximum absolute atomic E-state index is 6.30. The molecule has 1 nitrogen and oxygen atoms in total. The lowest BCUT2D eigenvalue weighted by atomic mass is 9.70. The smallest absolute Gasteiger partial charge is 0.0627 e. The highest BCUT2D eigenvalue weighted by atomic mass is 35.5. The van der Waals surface area contributed by atoms with Gasteiger partial charge >= 0.3 is 0 Å². The molecular weight excluding hydrogens is 265 g/mol. The van der Waals surface area contributed by atoms with E-state index >= 15 is 0 Å². The third-order valence-corrected chi connectivity index (χ3v) is 4.59. The Balaban J connectivity index is 1.95. The average molecular weight is 286 g/mol. The van der Waals surface area contributed by atoms with Gasteiger partial charge in [-0.3, -0.25) is 0 Å². The van der Waals surface area contributed by atoms with Crippen molar-refractivity contribution in [1.82, 2.24) is 5.32 Å². The average Bonchev–Trinajstić information content (AvgIpc) is 2.29. The first-order valence-corrected chi connectivity index (χ1v) is 7.49. The fourth-order valence-electron chi connectivity index (χ4n) is 2.59. The molecule has 2 atom stereocenters. The van der Waals surface area contributed by atoms with Crippen molar-refractivity contribution < 1.29 is 0 Å². The molecule has 1 aliphatic carbocycles. The third kappa shape index (κ3) is 3.20. The molecule has 0 aromatic heterocycles. The van der Waals surface area contributed by atoms with E-state index in [4.69, 9.17) is 23.2 Å². The first-order valence-electron chi connectivity index (χ1n) is 6.74. The van der Waals surface area contributed by atoms with Gasteiger partial charge in [-0.25, -0.2) is 0 Å². The topological polar surface area (TPSA) is 12.0 Å². The molecule has 2 rings (SSSR count). The minimum atomic E-state index is 0.580. The van der Waals surface area contributed by atoms with Gasteiger partial charge in [-0.05, 0) is 55.3 Å². The van der Waals surface area contributed by atoms with Crippen LogP contribution < -0.4 is 5.32 Å². The Kier molecular flexibility index (Phi) is 4.94. The van der Waals surface area contributed by atoms with Crippen molar-refractivity contribution in [3.05, 3.63) is 33.8 Å². The van der Waals surface area contributed by atoms with E-state index in [0.717, 1.165) is 18.1 Å². The minimum absolute atomic E-state index is 0.580. The molecule has 0 aliphatic heterocycles. The molecule has 1 aliphatic rings. The van der Waals surface area contributed by atoms with Crippen LogP contribution in [0.1, 0.15) is 38.2 Å². The zero-order valence-corrected chi connectivity index (χ0v) is 12.6. The number of hydrogen-bond acceptors (Lipinski definition) is 1. The third-order valence-electron chi connectivity index (χ3n) is 3.76. The molecule has 100 valence electrons. The van der Waals surface area contributed by atoms with E-state index in [-0.39, 0.29) is 0 Å². The Morgan fingerprint density at radius 3 is 2.67 bits per heavy atom. The predicted octanol–water partition coefficient (Wildman–Crippen LogP) is 4.73. The fraction of sp³-hybridized carbons (Fsp3) is 0.600. The normalized spacial score (nSPS) is 23.2. The summed E-state index contributed by atoms with van der Waals surface area (Å²) in [5.74, 6) is 1.99.